The van der Waals surface area contributed by atoms with Crippen molar-refractivity contribution in [3.05, 3.63) is 0 Å². The van der Waals surface area contributed by atoms with Crippen LogP contribution in [0.5, 0.6) is 0 Å². The molecule has 0 spiro atoms. The van der Waals surface area contributed by atoms with E-state index in [0.29, 0.717) is 13.2 Å². The molecule has 0 aromatic heterocycles. The Bertz CT molecular complexity index is 111. The fourth-order valence-electron chi connectivity index (χ4n) is 1.02. The molecule has 0 unspecified atom stereocenters. The van der Waals surface area contributed by atoms with Gasteiger partial charge in [-0.15, -0.1) is 4.89 Å². The second kappa shape index (κ2) is 2.86. The largest absolute Gasteiger partial charge is 0.486 e. The van der Waals surface area contributed by atoms with Crippen molar-refractivity contribution in [2.24, 2.45) is 5.41 Å². The summed E-state index contributed by atoms with van der Waals surface area (Å²) in [6.07, 6.45) is 1.96. The summed E-state index contributed by atoms with van der Waals surface area (Å²) in [6.45, 7) is 5.16. The molecule has 1 aliphatic rings. The van der Waals surface area contributed by atoms with Crippen molar-refractivity contribution in [3.8, 4) is 0 Å². The van der Waals surface area contributed by atoms with Crippen LogP contribution in [0.2, 0.25) is 0 Å². The molecule has 0 bridgehead atoms. The SMILES string of the molecule is CC1(C)CCC[O+]([O-])OC1. The molecule has 0 aromatic carbocycles. The van der Waals surface area contributed by atoms with Gasteiger partial charge in [0.25, 0.3) is 0 Å². The fraction of sp³-hybridized carbons (Fsp3) is 1.00. The van der Waals surface area contributed by atoms with Gasteiger partial charge in [-0.2, -0.15) is 0 Å². The van der Waals surface area contributed by atoms with Crippen molar-refractivity contribution in [1.29, 1.82) is 0 Å². The predicted octanol–water partition coefficient (Wildman–Crippen LogP) is 0.566. The topological polar surface area (TPSA) is 35.0 Å². The molecule has 10 heavy (non-hydrogen) atoms. The number of hydrogen-bond acceptors (Lipinski definition) is 2. The first kappa shape index (κ1) is 7.98. The highest BCUT2D eigenvalue weighted by molar-refractivity contribution is 4.67. The molecular weight excluding hydrogens is 132 g/mol. The Labute approximate surface area is 61.1 Å². The molecule has 1 aliphatic heterocycles. The Balaban J connectivity index is 2.41. The molecule has 0 aliphatic carbocycles. The maximum atomic E-state index is 10.6. The van der Waals surface area contributed by atoms with Crippen molar-refractivity contribution in [1.82, 2.24) is 0 Å². The van der Waals surface area contributed by atoms with Gasteiger partial charge in [-0.05, 0) is 11.8 Å². The minimum absolute atomic E-state index is 0.159. The van der Waals surface area contributed by atoms with Crippen molar-refractivity contribution < 1.29 is 14.8 Å². The normalized spacial score (nSPS) is 27.9. The first-order chi connectivity index (χ1) is 4.60. The molecule has 1 rings (SSSR count). The fourth-order valence-corrected chi connectivity index (χ4v) is 1.02. The summed E-state index contributed by atoms with van der Waals surface area (Å²) in [5.41, 5.74) is 0.159. The minimum atomic E-state index is 0.159. The smallest absolute Gasteiger partial charge is 0.191 e. The van der Waals surface area contributed by atoms with E-state index in [-0.39, 0.29) is 5.41 Å². The molecule has 0 atom stereocenters. The summed E-state index contributed by atoms with van der Waals surface area (Å²) in [5, 5.41) is 10.6. The second-order valence-electron chi connectivity index (χ2n) is 3.54. The van der Waals surface area contributed by atoms with Crippen LogP contribution in [-0.2, 0) is 9.56 Å². The summed E-state index contributed by atoms with van der Waals surface area (Å²) >= 11 is 0. The lowest BCUT2D eigenvalue weighted by molar-refractivity contribution is -0.906. The second-order valence-corrected chi connectivity index (χ2v) is 3.54. The van der Waals surface area contributed by atoms with E-state index in [1.54, 1.807) is 0 Å². The van der Waals surface area contributed by atoms with Gasteiger partial charge in [-0.25, -0.2) is 4.67 Å². The average Bonchev–Trinajstić information content (AvgIpc) is 1.94. The first-order valence-electron chi connectivity index (χ1n) is 3.62. The Morgan fingerprint density at radius 2 is 2.20 bits per heavy atom. The van der Waals surface area contributed by atoms with E-state index in [9.17, 15) is 5.26 Å². The number of rotatable bonds is 0. The zero-order chi connectivity index (χ0) is 7.61. The summed E-state index contributed by atoms with van der Waals surface area (Å²) in [7, 11) is 0. The van der Waals surface area contributed by atoms with Crippen LogP contribution < -0.4 is 5.26 Å². The van der Waals surface area contributed by atoms with E-state index < -0.39 is 0 Å². The highest BCUT2D eigenvalue weighted by atomic mass is 17.6. The summed E-state index contributed by atoms with van der Waals surface area (Å²) in [6, 6.07) is 0. The van der Waals surface area contributed by atoms with Gasteiger partial charge in [0, 0.05) is 6.42 Å². The van der Waals surface area contributed by atoms with Gasteiger partial charge in [0.2, 0.25) is 0 Å². The van der Waals surface area contributed by atoms with Crippen LogP contribution in [-0.4, -0.2) is 13.2 Å². The molecule has 3 heteroatoms. The van der Waals surface area contributed by atoms with E-state index in [4.69, 9.17) is 4.89 Å². The quantitative estimate of drug-likeness (QED) is 0.370. The van der Waals surface area contributed by atoms with Gasteiger partial charge in [0.15, 0.2) is 6.61 Å². The van der Waals surface area contributed by atoms with Crippen molar-refractivity contribution >= 4 is 0 Å². The number of hydrogen-bond donors (Lipinski definition) is 0. The lowest BCUT2D eigenvalue weighted by Crippen LogP contribution is -2.27. The summed E-state index contributed by atoms with van der Waals surface area (Å²) in [4.78, 5) is 4.81. The van der Waals surface area contributed by atoms with Crippen LogP contribution in [0.15, 0.2) is 0 Å². The van der Waals surface area contributed by atoms with Gasteiger partial charge in [0.05, 0.1) is 0 Å². The predicted molar refractivity (Wildman–Crippen MR) is 34.9 cm³/mol. The van der Waals surface area contributed by atoms with E-state index in [1.807, 2.05) is 0 Å². The Hall–Kier alpha value is -0.120. The molecule has 0 saturated carbocycles. The maximum absolute atomic E-state index is 10.6. The molecule has 0 radical (unpaired) electrons. The van der Waals surface area contributed by atoms with Crippen LogP contribution in [0.1, 0.15) is 26.7 Å². The zero-order valence-corrected chi connectivity index (χ0v) is 6.55. The van der Waals surface area contributed by atoms with Gasteiger partial charge >= 0.3 is 0 Å². The van der Waals surface area contributed by atoms with E-state index in [2.05, 4.69) is 13.8 Å². The molecule has 3 nitrogen and oxygen atoms in total. The molecule has 1 heterocycles. The van der Waals surface area contributed by atoms with E-state index in [0.717, 1.165) is 12.8 Å². The Morgan fingerprint density at radius 3 is 2.90 bits per heavy atom. The third kappa shape index (κ3) is 2.25. The van der Waals surface area contributed by atoms with Crippen molar-refractivity contribution in [2.75, 3.05) is 13.2 Å². The van der Waals surface area contributed by atoms with Crippen LogP contribution in [0.3, 0.4) is 0 Å². The third-order valence-electron chi connectivity index (χ3n) is 1.75. The molecule has 0 aromatic rings. The van der Waals surface area contributed by atoms with Crippen LogP contribution in [0.25, 0.3) is 0 Å². The molecule has 0 N–H and O–H groups in total. The van der Waals surface area contributed by atoms with Gasteiger partial charge in [-0.1, -0.05) is 13.8 Å². The highest BCUT2D eigenvalue weighted by Crippen LogP contribution is 2.25. The maximum Gasteiger partial charge on any atom is 0.191 e. The van der Waals surface area contributed by atoms with Crippen LogP contribution in [0.4, 0.5) is 0 Å². The van der Waals surface area contributed by atoms with Crippen LogP contribution in [0, 0.1) is 5.41 Å². The Morgan fingerprint density at radius 1 is 1.50 bits per heavy atom. The minimum Gasteiger partial charge on any atom is -0.486 e. The van der Waals surface area contributed by atoms with Gasteiger partial charge in [-0.3, -0.25) is 0 Å². The molecular formula is C7H14O3. The molecule has 60 valence electrons. The lowest BCUT2D eigenvalue weighted by Gasteiger charge is -2.18. The molecule has 1 saturated heterocycles. The average molecular weight is 146 g/mol. The third-order valence-corrected chi connectivity index (χ3v) is 1.75. The lowest BCUT2D eigenvalue weighted by atomic mass is 9.89. The van der Waals surface area contributed by atoms with Crippen LogP contribution >= 0.6 is 0 Å². The summed E-state index contributed by atoms with van der Waals surface area (Å²) < 4.78 is 1.41. The zero-order valence-electron chi connectivity index (χ0n) is 6.55. The molecule has 0 amide bonds. The molecule has 1 fully saturated rings. The van der Waals surface area contributed by atoms with E-state index >= 15 is 0 Å². The van der Waals surface area contributed by atoms with Gasteiger partial charge in [0.1, 0.15) is 6.61 Å². The van der Waals surface area contributed by atoms with E-state index in [1.165, 1.54) is 4.67 Å². The monoisotopic (exact) mass is 146 g/mol. The van der Waals surface area contributed by atoms with Crippen molar-refractivity contribution in [3.63, 3.8) is 0 Å². The van der Waals surface area contributed by atoms with Crippen molar-refractivity contribution in [2.45, 2.75) is 26.7 Å². The van der Waals surface area contributed by atoms with Gasteiger partial charge < -0.3 is 5.26 Å². The highest BCUT2D eigenvalue weighted by Gasteiger charge is 2.25. The summed E-state index contributed by atoms with van der Waals surface area (Å²) in [5.74, 6) is 0. The first-order valence-corrected chi connectivity index (χ1v) is 3.62. The standard InChI is InChI=1S/C7H14O3/c1-7(2)4-3-5-10(8)9-6-7/h3-6H2,1-2H3. The Kier molecular flexibility index (Phi) is 2.28.